The second-order valence-corrected chi connectivity index (χ2v) is 5.71. The summed E-state index contributed by atoms with van der Waals surface area (Å²) in [5, 5.41) is 4.83. The number of thioether (sulfide) groups is 1. The highest BCUT2D eigenvalue weighted by Crippen LogP contribution is 2.22. The zero-order valence-electron chi connectivity index (χ0n) is 12.3. The van der Waals surface area contributed by atoms with Crippen molar-refractivity contribution in [2.75, 3.05) is 17.6 Å². The molecule has 0 saturated heterocycles. The number of carbonyl (C=O) groups is 2. The minimum atomic E-state index is -0.622. The summed E-state index contributed by atoms with van der Waals surface area (Å²) in [5.41, 5.74) is 0.395. The highest BCUT2D eigenvalue weighted by molar-refractivity contribution is 8.00. The third kappa shape index (κ3) is 5.62. The molecule has 0 radical (unpaired) electrons. The molecule has 2 amide bonds. The van der Waals surface area contributed by atoms with Crippen LogP contribution in [0.25, 0.3) is 0 Å². The van der Waals surface area contributed by atoms with Gasteiger partial charge in [-0.2, -0.15) is 0 Å². The maximum atomic E-state index is 13.4. The first-order valence-corrected chi connectivity index (χ1v) is 7.82. The van der Waals surface area contributed by atoms with Gasteiger partial charge in [-0.05, 0) is 42.5 Å². The van der Waals surface area contributed by atoms with Crippen LogP contribution >= 0.6 is 11.8 Å². The van der Waals surface area contributed by atoms with Crippen LogP contribution in [0.4, 0.5) is 18.9 Å². The van der Waals surface area contributed by atoms with Gasteiger partial charge in [-0.15, -0.1) is 11.8 Å². The molecule has 0 aliphatic heterocycles. The Labute approximate surface area is 140 Å². The Morgan fingerprint density at radius 3 is 2.29 bits per heavy atom. The summed E-state index contributed by atoms with van der Waals surface area (Å²) >= 11 is 0.826. The van der Waals surface area contributed by atoms with Crippen LogP contribution in [-0.4, -0.2) is 24.1 Å². The van der Waals surface area contributed by atoms with Gasteiger partial charge in [0.2, 0.25) is 11.8 Å². The van der Waals surface area contributed by atoms with Crippen LogP contribution in [0, 0.1) is 17.5 Å². The van der Waals surface area contributed by atoms with Crippen molar-refractivity contribution in [2.24, 2.45) is 0 Å². The van der Waals surface area contributed by atoms with Crippen molar-refractivity contribution in [2.45, 2.75) is 4.90 Å². The number of anilines is 1. The van der Waals surface area contributed by atoms with E-state index in [1.54, 1.807) is 0 Å². The van der Waals surface area contributed by atoms with E-state index in [-0.39, 0.29) is 17.2 Å². The number of hydrogen-bond donors (Lipinski definition) is 2. The second kappa shape index (κ2) is 8.39. The van der Waals surface area contributed by atoms with Crippen molar-refractivity contribution in [3.63, 3.8) is 0 Å². The highest BCUT2D eigenvalue weighted by atomic mass is 32.2. The van der Waals surface area contributed by atoms with E-state index in [2.05, 4.69) is 10.6 Å². The lowest BCUT2D eigenvalue weighted by atomic mass is 10.3. The van der Waals surface area contributed by atoms with E-state index in [4.69, 9.17) is 0 Å². The average molecular weight is 354 g/mol. The molecular formula is C16H13F3N2O2S. The van der Waals surface area contributed by atoms with Crippen LogP contribution in [0.2, 0.25) is 0 Å². The quantitative estimate of drug-likeness (QED) is 0.784. The Morgan fingerprint density at radius 2 is 1.58 bits per heavy atom. The normalized spacial score (nSPS) is 10.3. The fourth-order valence-corrected chi connectivity index (χ4v) is 2.49. The summed E-state index contributed by atoms with van der Waals surface area (Å²) in [7, 11) is 0. The van der Waals surface area contributed by atoms with Crippen molar-refractivity contribution in [1.29, 1.82) is 0 Å². The SMILES string of the molecule is O=C(CSc1cc(F)ccc1F)NCC(=O)Nc1ccc(F)cc1. The lowest BCUT2D eigenvalue weighted by Gasteiger charge is -2.07. The van der Waals surface area contributed by atoms with Crippen LogP contribution in [0.1, 0.15) is 0 Å². The fourth-order valence-electron chi connectivity index (χ4n) is 1.70. The van der Waals surface area contributed by atoms with Gasteiger partial charge in [0, 0.05) is 10.6 Å². The number of hydrogen-bond acceptors (Lipinski definition) is 3. The number of nitrogens with one attached hydrogen (secondary N) is 2. The number of halogens is 3. The van der Waals surface area contributed by atoms with Crippen LogP contribution in [0.5, 0.6) is 0 Å². The van der Waals surface area contributed by atoms with E-state index < -0.39 is 29.3 Å². The van der Waals surface area contributed by atoms with Gasteiger partial charge in [0.05, 0.1) is 12.3 Å². The molecule has 0 fully saturated rings. The van der Waals surface area contributed by atoms with Crippen molar-refractivity contribution < 1.29 is 22.8 Å². The first kappa shape index (κ1) is 17.9. The molecule has 0 unspecified atom stereocenters. The van der Waals surface area contributed by atoms with Gasteiger partial charge in [-0.25, -0.2) is 13.2 Å². The molecule has 0 spiro atoms. The van der Waals surface area contributed by atoms with Crippen LogP contribution in [0.15, 0.2) is 47.4 Å². The van der Waals surface area contributed by atoms with E-state index in [0.29, 0.717) is 5.69 Å². The number of amides is 2. The Kier molecular flexibility index (Phi) is 6.25. The lowest BCUT2D eigenvalue weighted by Crippen LogP contribution is -2.33. The maximum absolute atomic E-state index is 13.4. The molecular weight excluding hydrogens is 341 g/mol. The monoisotopic (exact) mass is 354 g/mol. The second-order valence-electron chi connectivity index (χ2n) is 4.70. The van der Waals surface area contributed by atoms with E-state index in [1.807, 2.05) is 0 Å². The van der Waals surface area contributed by atoms with E-state index in [9.17, 15) is 22.8 Å². The predicted octanol–water partition coefficient (Wildman–Crippen LogP) is 2.95. The summed E-state index contributed by atoms with van der Waals surface area (Å²) in [6, 6.07) is 8.12. The Bertz CT molecular complexity index is 739. The van der Waals surface area contributed by atoms with E-state index in [0.717, 1.165) is 30.0 Å². The van der Waals surface area contributed by atoms with Crippen molar-refractivity contribution in [3.8, 4) is 0 Å². The fraction of sp³-hybridized carbons (Fsp3) is 0.125. The molecule has 0 aliphatic carbocycles. The molecule has 24 heavy (non-hydrogen) atoms. The predicted molar refractivity (Wildman–Crippen MR) is 85.1 cm³/mol. The number of benzene rings is 2. The Hall–Kier alpha value is -2.48. The molecule has 0 aliphatic rings. The molecule has 0 atom stereocenters. The van der Waals surface area contributed by atoms with E-state index in [1.165, 1.54) is 24.3 Å². The summed E-state index contributed by atoms with van der Waals surface area (Å²) in [6.07, 6.45) is 0. The van der Waals surface area contributed by atoms with Gasteiger partial charge in [0.15, 0.2) is 0 Å². The third-order valence-electron chi connectivity index (χ3n) is 2.83. The van der Waals surface area contributed by atoms with Crippen LogP contribution in [0.3, 0.4) is 0 Å². The molecule has 2 rings (SSSR count). The molecule has 2 aromatic rings. The largest absolute Gasteiger partial charge is 0.346 e. The maximum Gasteiger partial charge on any atom is 0.243 e. The molecule has 0 bridgehead atoms. The van der Waals surface area contributed by atoms with Gasteiger partial charge in [-0.3, -0.25) is 9.59 Å². The Balaban J connectivity index is 1.75. The zero-order chi connectivity index (χ0) is 17.5. The van der Waals surface area contributed by atoms with Crippen molar-refractivity contribution in [3.05, 3.63) is 59.9 Å². The van der Waals surface area contributed by atoms with Crippen LogP contribution in [-0.2, 0) is 9.59 Å². The molecule has 0 heterocycles. The van der Waals surface area contributed by atoms with Gasteiger partial charge < -0.3 is 10.6 Å². The summed E-state index contributed by atoms with van der Waals surface area (Å²) < 4.78 is 39.1. The minimum Gasteiger partial charge on any atom is -0.346 e. The standard InChI is InChI=1S/C16H13F3N2O2S/c17-10-1-4-12(5-2-10)21-15(22)8-20-16(23)9-24-14-7-11(18)3-6-13(14)19/h1-7H,8-9H2,(H,20,23)(H,21,22). The average Bonchev–Trinajstić information content (AvgIpc) is 2.56. The molecule has 4 nitrogen and oxygen atoms in total. The van der Waals surface area contributed by atoms with Crippen molar-refractivity contribution >= 4 is 29.3 Å². The topological polar surface area (TPSA) is 58.2 Å². The molecule has 126 valence electrons. The third-order valence-corrected chi connectivity index (χ3v) is 3.86. The summed E-state index contributed by atoms with van der Waals surface area (Å²) in [6.45, 7) is -0.289. The first-order valence-electron chi connectivity index (χ1n) is 6.84. The lowest BCUT2D eigenvalue weighted by molar-refractivity contribution is -0.122. The molecule has 0 aromatic heterocycles. The summed E-state index contributed by atoms with van der Waals surface area (Å²) in [4.78, 5) is 23.3. The van der Waals surface area contributed by atoms with Crippen molar-refractivity contribution in [1.82, 2.24) is 5.32 Å². The first-order chi connectivity index (χ1) is 11.4. The molecule has 0 saturated carbocycles. The van der Waals surface area contributed by atoms with Gasteiger partial charge in [0.25, 0.3) is 0 Å². The van der Waals surface area contributed by atoms with Gasteiger partial charge >= 0.3 is 0 Å². The van der Waals surface area contributed by atoms with Crippen LogP contribution < -0.4 is 10.6 Å². The Morgan fingerprint density at radius 1 is 0.917 bits per heavy atom. The summed E-state index contributed by atoms with van der Waals surface area (Å²) in [5.74, 6) is -2.80. The van der Waals surface area contributed by atoms with Gasteiger partial charge in [0.1, 0.15) is 17.5 Å². The van der Waals surface area contributed by atoms with Gasteiger partial charge in [-0.1, -0.05) is 0 Å². The molecule has 8 heteroatoms. The molecule has 2 N–H and O–H groups in total. The van der Waals surface area contributed by atoms with E-state index >= 15 is 0 Å². The number of rotatable bonds is 6. The smallest absolute Gasteiger partial charge is 0.243 e. The zero-order valence-corrected chi connectivity index (χ0v) is 13.1. The molecule has 2 aromatic carbocycles. The number of carbonyl (C=O) groups excluding carboxylic acids is 2. The minimum absolute atomic E-state index is 0.0147. The highest BCUT2D eigenvalue weighted by Gasteiger charge is 2.10.